The molecule has 1 unspecified atom stereocenters. The van der Waals surface area contributed by atoms with Crippen molar-refractivity contribution in [3.63, 3.8) is 0 Å². The molecule has 0 radical (unpaired) electrons. The number of hydrogen-bond acceptors (Lipinski definition) is 6. The number of hydrogen-bond donors (Lipinski definition) is 0. The summed E-state index contributed by atoms with van der Waals surface area (Å²) >= 11 is 0. The lowest BCUT2D eigenvalue weighted by Crippen LogP contribution is -2.30. The van der Waals surface area contributed by atoms with Crippen LogP contribution in [0.5, 0.6) is 0 Å². The van der Waals surface area contributed by atoms with E-state index in [-0.39, 0.29) is 31.1 Å². The largest absolute Gasteiger partial charge is 0.462 e. The number of rotatable bonds is 56. The second-order valence-corrected chi connectivity index (χ2v) is 20.6. The highest BCUT2D eigenvalue weighted by Gasteiger charge is 2.19. The molecule has 1 atom stereocenters. The molecule has 0 spiro atoms. The van der Waals surface area contributed by atoms with Gasteiger partial charge in [-0.3, -0.25) is 14.4 Å². The van der Waals surface area contributed by atoms with E-state index in [1.165, 1.54) is 154 Å². The van der Waals surface area contributed by atoms with Gasteiger partial charge in [-0.05, 0) is 103 Å². The van der Waals surface area contributed by atoms with E-state index >= 15 is 0 Å². The molecule has 0 aliphatic heterocycles. The van der Waals surface area contributed by atoms with Crippen LogP contribution in [0.1, 0.15) is 297 Å². The van der Waals surface area contributed by atoms with E-state index in [4.69, 9.17) is 14.2 Å². The van der Waals surface area contributed by atoms with Crippen molar-refractivity contribution in [2.75, 3.05) is 13.2 Å². The molecule has 0 bridgehead atoms. The van der Waals surface area contributed by atoms with E-state index in [9.17, 15) is 14.4 Å². The monoisotopic (exact) mass is 1030 g/mol. The van der Waals surface area contributed by atoms with Crippen molar-refractivity contribution in [2.24, 2.45) is 0 Å². The van der Waals surface area contributed by atoms with Crippen LogP contribution in [0.2, 0.25) is 0 Å². The lowest BCUT2D eigenvalue weighted by Gasteiger charge is -2.18. The van der Waals surface area contributed by atoms with Crippen LogP contribution in [0, 0.1) is 0 Å². The smallest absolute Gasteiger partial charge is 0.306 e. The zero-order valence-electron chi connectivity index (χ0n) is 48.6. The zero-order valence-corrected chi connectivity index (χ0v) is 48.6. The Kier molecular flexibility index (Phi) is 58.8. The molecule has 0 aromatic heterocycles. The van der Waals surface area contributed by atoms with Gasteiger partial charge >= 0.3 is 17.9 Å². The van der Waals surface area contributed by atoms with Crippen LogP contribution in [0.25, 0.3) is 0 Å². The molecule has 0 rings (SSSR count). The van der Waals surface area contributed by atoms with Crippen LogP contribution in [0.15, 0.2) is 97.2 Å². The predicted molar refractivity (Wildman–Crippen MR) is 320 cm³/mol. The predicted octanol–water partition coefficient (Wildman–Crippen LogP) is 21.3. The Morgan fingerprint density at radius 2 is 0.527 bits per heavy atom. The SMILES string of the molecule is CC/C=C\C/C=C\C/C=C\C/C=C\C/C=C\C/C=C\CCCCC(=O)OCC(COC(=O)CCCCCCCCCCCCCCCCCC)OC(=O)CCCCCCCCCCC/C=C\C/C=C\CCCCC. The Morgan fingerprint density at radius 1 is 0.284 bits per heavy atom. The quantitative estimate of drug-likeness (QED) is 0.0261. The van der Waals surface area contributed by atoms with Gasteiger partial charge in [0.25, 0.3) is 0 Å². The molecule has 74 heavy (non-hydrogen) atoms. The molecule has 0 saturated heterocycles. The third-order valence-corrected chi connectivity index (χ3v) is 13.3. The normalized spacial score (nSPS) is 12.7. The zero-order chi connectivity index (χ0) is 53.6. The van der Waals surface area contributed by atoms with Crippen molar-refractivity contribution >= 4 is 17.9 Å². The molecular formula is C68H116O6. The molecule has 0 heterocycles. The maximum atomic E-state index is 12.9. The molecule has 0 aliphatic rings. The average molecular weight is 1030 g/mol. The fraction of sp³-hybridized carbons (Fsp3) is 0.721. The highest BCUT2D eigenvalue weighted by Crippen LogP contribution is 2.16. The number of allylic oxidation sites excluding steroid dienone is 16. The Hall–Kier alpha value is -3.67. The molecular weight excluding hydrogens is 913 g/mol. The molecule has 0 aliphatic carbocycles. The highest BCUT2D eigenvalue weighted by molar-refractivity contribution is 5.71. The molecule has 0 aromatic carbocycles. The van der Waals surface area contributed by atoms with Crippen LogP contribution in [0.4, 0.5) is 0 Å². The number of esters is 3. The second kappa shape index (κ2) is 61.9. The second-order valence-electron chi connectivity index (χ2n) is 20.6. The van der Waals surface area contributed by atoms with Crippen LogP contribution in [-0.4, -0.2) is 37.2 Å². The molecule has 0 N–H and O–H groups in total. The van der Waals surface area contributed by atoms with E-state index in [0.29, 0.717) is 19.3 Å². The minimum absolute atomic E-state index is 0.0911. The molecule has 0 saturated carbocycles. The first kappa shape index (κ1) is 70.3. The number of ether oxygens (including phenoxy) is 3. The standard InChI is InChI=1S/C68H116O6/c1-4-7-10-13-16-19-22-25-28-31-33-34-36-37-40-43-46-49-52-55-58-61-67(70)73-64-65(63-72-66(69)60-57-54-51-48-45-42-39-30-27-24-21-18-15-12-9-6-3)74-68(71)62-59-56-53-50-47-44-41-38-35-32-29-26-23-20-17-14-11-8-5-2/h7,10,16-17,19-20,25-26,28-29,33-34,37,40,46,49,65H,4-6,8-9,11-15,18,21-24,27,30-32,35-36,38-39,41-45,47-48,50-64H2,1-3H3/b10-7-,19-16-,20-17-,28-25-,29-26-,34-33-,40-37-,49-46-. The summed E-state index contributed by atoms with van der Waals surface area (Å²) in [6.07, 6.45) is 82.6. The Morgan fingerprint density at radius 3 is 0.878 bits per heavy atom. The summed E-state index contributed by atoms with van der Waals surface area (Å²) in [6, 6.07) is 0. The van der Waals surface area contributed by atoms with Gasteiger partial charge in [0.05, 0.1) is 0 Å². The van der Waals surface area contributed by atoms with E-state index in [1.807, 2.05) is 0 Å². The van der Waals surface area contributed by atoms with Gasteiger partial charge in [0, 0.05) is 19.3 Å². The number of carbonyl (C=O) groups is 3. The number of unbranched alkanes of at least 4 members (excludes halogenated alkanes) is 29. The van der Waals surface area contributed by atoms with Gasteiger partial charge in [-0.25, -0.2) is 0 Å². The van der Waals surface area contributed by atoms with Crippen LogP contribution >= 0.6 is 0 Å². The topological polar surface area (TPSA) is 78.9 Å². The minimum Gasteiger partial charge on any atom is -0.462 e. The Labute approximate surface area is 457 Å². The minimum atomic E-state index is -0.798. The van der Waals surface area contributed by atoms with Gasteiger partial charge in [-0.2, -0.15) is 0 Å². The molecule has 0 amide bonds. The van der Waals surface area contributed by atoms with Crippen molar-refractivity contribution in [2.45, 2.75) is 303 Å². The van der Waals surface area contributed by atoms with Gasteiger partial charge in [0.15, 0.2) is 6.10 Å². The van der Waals surface area contributed by atoms with Crippen molar-refractivity contribution in [1.82, 2.24) is 0 Å². The summed E-state index contributed by atoms with van der Waals surface area (Å²) < 4.78 is 16.9. The molecule has 6 heteroatoms. The Bertz CT molecular complexity index is 1460. The summed E-state index contributed by atoms with van der Waals surface area (Å²) in [4.78, 5) is 38.3. The van der Waals surface area contributed by atoms with Gasteiger partial charge in [0.2, 0.25) is 0 Å². The lowest BCUT2D eigenvalue weighted by molar-refractivity contribution is -0.167. The van der Waals surface area contributed by atoms with Crippen LogP contribution < -0.4 is 0 Å². The third kappa shape index (κ3) is 59.2. The number of carbonyl (C=O) groups excluding carboxylic acids is 3. The molecule has 6 nitrogen and oxygen atoms in total. The molecule has 0 aromatic rings. The van der Waals surface area contributed by atoms with Gasteiger partial charge in [-0.15, -0.1) is 0 Å². The van der Waals surface area contributed by atoms with Crippen molar-refractivity contribution in [3.8, 4) is 0 Å². The highest BCUT2D eigenvalue weighted by atomic mass is 16.6. The molecule has 0 fully saturated rings. The van der Waals surface area contributed by atoms with Gasteiger partial charge in [0.1, 0.15) is 13.2 Å². The van der Waals surface area contributed by atoms with Crippen LogP contribution in [-0.2, 0) is 28.6 Å². The summed E-state index contributed by atoms with van der Waals surface area (Å²) in [5.41, 5.74) is 0. The van der Waals surface area contributed by atoms with Gasteiger partial charge in [-0.1, -0.05) is 272 Å². The maximum absolute atomic E-state index is 12.9. The Balaban J connectivity index is 4.46. The van der Waals surface area contributed by atoms with Gasteiger partial charge < -0.3 is 14.2 Å². The first-order chi connectivity index (χ1) is 36.5. The van der Waals surface area contributed by atoms with E-state index in [1.54, 1.807) is 0 Å². The summed E-state index contributed by atoms with van der Waals surface area (Å²) in [5, 5.41) is 0. The van der Waals surface area contributed by atoms with E-state index in [0.717, 1.165) is 103 Å². The van der Waals surface area contributed by atoms with Crippen molar-refractivity contribution in [1.29, 1.82) is 0 Å². The fourth-order valence-electron chi connectivity index (χ4n) is 8.65. The summed E-state index contributed by atoms with van der Waals surface area (Å²) in [7, 11) is 0. The first-order valence-electron chi connectivity index (χ1n) is 31.2. The maximum Gasteiger partial charge on any atom is 0.306 e. The van der Waals surface area contributed by atoms with E-state index in [2.05, 4.69) is 118 Å². The average Bonchev–Trinajstić information content (AvgIpc) is 3.40. The third-order valence-electron chi connectivity index (χ3n) is 13.3. The first-order valence-corrected chi connectivity index (χ1v) is 31.2. The fourth-order valence-corrected chi connectivity index (χ4v) is 8.65. The van der Waals surface area contributed by atoms with Crippen LogP contribution in [0.3, 0.4) is 0 Å². The molecule has 424 valence electrons. The van der Waals surface area contributed by atoms with E-state index < -0.39 is 6.10 Å². The summed E-state index contributed by atoms with van der Waals surface area (Å²) in [5.74, 6) is -0.930. The lowest BCUT2D eigenvalue weighted by atomic mass is 10.0. The van der Waals surface area contributed by atoms with Crippen molar-refractivity contribution < 1.29 is 28.6 Å². The summed E-state index contributed by atoms with van der Waals surface area (Å²) in [6.45, 7) is 6.49. The van der Waals surface area contributed by atoms with Crippen molar-refractivity contribution in [3.05, 3.63) is 97.2 Å².